The minimum atomic E-state index is -0.462. The predicted octanol–water partition coefficient (Wildman–Crippen LogP) is 3.27. The number of benzene rings is 2. The van der Waals surface area contributed by atoms with E-state index in [1.165, 1.54) is 12.7 Å². The number of methoxy groups -OCH3 is 1. The number of nitrogens with one attached hydrogen (secondary N) is 1. The quantitative estimate of drug-likeness (QED) is 0.709. The highest BCUT2D eigenvalue weighted by molar-refractivity contribution is 5.95. The van der Waals surface area contributed by atoms with Crippen LogP contribution in [0, 0.1) is 5.92 Å². The molecule has 33 heavy (non-hydrogen) atoms. The Morgan fingerprint density at radius 1 is 1.03 bits per heavy atom. The molecule has 0 aliphatic carbocycles. The fourth-order valence-corrected chi connectivity index (χ4v) is 4.71. The number of hydrogen-bond acceptors (Lipinski definition) is 5. The molecule has 2 amide bonds. The maximum atomic E-state index is 13.6. The van der Waals surface area contributed by atoms with E-state index in [9.17, 15) is 14.4 Å². The van der Waals surface area contributed by atoms with E-state index in [0.717, 1.165) is 37.9 Å². The topological polar surface area (TPSA) is 79.0 Å². The summed E-state index contributed by atoms with van der Waals surface area (Å²) in [5, 5.41) is 2.86. The molecule has 1 fully saturated rings. The highest BCUT2D eigenvalue weighted by atomic mass is 16.5. The molecular weight excluding hydrogens is 418 g/mol. The van der Waals surface area contributed by atoms with Gasteiger partial charge in [-0.25, -0.2) is 4.79 Å². The summed E-state index contributed by atoms with van der Waals surface area (Å²) in [5.74, 6) is 0.0339. The van der Waals surface area contributed by atoms with E-state index in [0.29, 0.717) is 23.7 Å². The van der Waals surface area contributed by atoms with Gasteiger partial charge in [-0.05, 0) is 54.5 Å². The van der Waals surface area contributed by atoms with Crippen LogP contribution in [-0.4, -0.2) is 60.9 Å². The lowest BCUT2D eigenvalue weighted by molar-refractivity contribution is -0.139. The number of ether oxygens (including phenoxy) is 1. The second-order valence-corrected chi connectivity index (χ2v) is 8.95. The van der Waals surface area contributed by atoms with Crippen molar-refractivity contribution < 1.29 is 19.1 Å². The molecule has 2 aromatic carbocycles. The molecule has 0 unspecified atom stereocenters. The summed E-state index contributed by atoms with van der Waals surface area (Å²) >= 11 is 0. The van der Waals surface area contributed by atoms with E-state index >= 15 is 0 Å². The van der Waals surface area contributed by atoms with Crippen LogP contribution in [0.25, 0.3) is 0 Å². The zero-order valence-corrected chi connectivity index (χ0v) is 19.3. The monoisotopic (exact) mass is 449 g/mol. The fraction of sp³-hybridized carbons (Fsp3) is 0.423. The van der Waals surface area contributed by atoms with Crippen molar-refractivity contribution in [2.75, 3.05) is 38.6 Å². The summed E-state index contributed by atoms with van der Waals surface area (Å²) in [6.45, 7) is 4.48. The van der Waals surface area contributed by atoms with Crippen LogP contribution in [0.5, 0.6) is 0 Å². The van der Waals surface area contributed by atoms with Crippen molar-refractivity contribution in [1.29, 1.82) is 0 Å². The first-order valence-electron chi connectivity index (χ1n) is 11.5. The van der Waals surface area contributed by atoms with Crippen LogP contribution in [0.15, 0.2) is 48.5 Å². The van der Waals surface area contributed by atoms with E-state index in [4.69, 9.17) is 4.74 Å². The normalized spacial score (nSPS) is 19.0. The highest BCUT2D eigenvalue weighted by Crippen LogP contribution is 2.32. The van der Waals surface area contributed by atoms with E-state index in [2.05, 4.69) is 18.3 Å². The van der Waals surface area contributed by atoms with Crippen LogP contribution < -0.4 is 5.32 Å². The van der Waals surface area contributed by atoms with Gasteiger partial charge < -0.3 is 15.0 Å². The van der Waals surface area contributed by atoms with Crippen molar-refractivity contribution in [3.63, 3.8) is 0 Å². The van der Waals surface area contributed by atoms with E-state index in [1.54, 1.807) is 24.3 Å². The number of esters is 1. The first kappa shape index (κ1) is 23.0. The van der Waals surface area contributed by atoms with Crippen LogP contribution >= 0.6 is 0 Å². The zero-order chi connectivity index (χ0) is 23.4. The van der Waals surface area contributed by atoms with Gasteiger partial charge >= 0.3 is 5.97 Å². The Hall–Kier alpha value is -3.19. The molecule has 174 valence electrons. The Labute approximate surface area is 194 Å². The van der Waals surface area contributed by atoms with Crippen molar-refractivity contribution >= 4 is 23.5 Å². The largest absolute Gasteiger partial charge is 0.465 e. The number of piperidine rings is 1. The molecule has 1 atom stereocenters. The molecule has 7 nitrogen and oxygen atoms in total. The molecule has 1 N–H and O–H groups in total. The Morgan fingerprint density at radius 3 is 2.55 bits per heavy atom. The minimum Gasteiger partial charge on any atom is -0.465 e. The summed E-state index contributed by atoms with van der Waals surface area (Å²) in [4.78, 5) is 42.3. The standard InChI is InChI=1S/C26H31N3O4/c1-18-10-13-28(14-11-18)25(31)24-22-9-4-3-6-19(22)12-15-29(24)17-23(30)27-21-8-5-7-20(16-21)26(32)33-2/h3-9,16,18,24H,10-15,17H2,1-2H3,(H,27,30)/t24-/m1/s1. The number of anilines is 1. The number of hydrogen-bond donors (Lipinski definition) is 1. The van der Waals surface area contributed by atoms with Crippen LogP contribution in [-0.2, 0) is 20.7 Å². The van der Waals surface area contributed by atoms with Crippen LogP contribution in [0.2, 0.25) is 0 Å². The van der Waals surface area contributed by atoms with Crippen molar-refractivity contribution in [3.8, 4) is 0 Å². The molecular formula is C26H31N3O4. The number of rotatable bonds is 5. The number of likely N-dealkylation sites (tertiary alicyclic amines) is 1. The predicted molar refractivity (Wildman–Crippen MR) is 126 cm³/mol. The smallest absolute Gasteiger partial charge is 0.337 e. The second-order valence-electron chi connectivity index (χ2n) is 8.95. The first-order chi connectivity index (χ1) is 16.0. The summed E-state index contributed by atoms with van der Waals surface area (Å²) in [6.07, 6.45) is 2.82. The Bertz CT molecular complexity index is 1030. The van der Waals surface area contributed by atoms with Gasteiger partial charge in [0.05, 0.1) is 19.2 Å². The van der Waals surface area contributed by atoms with Gasteiger partial charge in [0.1, 0.15) is 6.04 Å². The van der Waals surface area contributed by atoms with Gasteiger partial charge in [-0.2, -0.15) is 0 Å². The third kappa shape index (κ3) is 5.25. The Kier molecular flexibility index (Phi) is 7.08. The summed E-state index contributed by atoms with van der Waals surface area (Å²) in [7, 11) is 1.32. The van der Waals surface area contributed by atoms with Gasteiger partial charge in [0.25, 0.3) is 0 Å². The van der Waals surface area contributed by atoms with E-state index in [1.807, 2.05) is 28.0 Å². The van der Waals surface area contributed by atoms with Gasteiger partial charge in [-0.15, -0.1) is 0 Å². The number of nitrogens with zero attached hydrogens (tertiary/aromatic N) is 2. The summed E-state index contributed by atoms with van der Waals surface area (Å²) in [5.41, 5.74) is 3.05. The van der Waals surface area contributed by atoms with Crippen molar-refractivity contribution in [2.45, 2.75) is 32.2 Å². The fourth-order valence-electron chi connectivity index (χ4n) is 4.71. The van der Waals surface area contributed by atoms with Crippen LogP contribution in [0.4, 0.5) is 5.69 Å². The molecule has 2 aromatic rings. The lowest BCUT2D eigenvalue weighted by Crippen LogP contribution is -2.50. The van der Waals surface area contributed by atoms with Gasteiger partial charge in [0, 0.05) is 25.3 Å². The molecule has 0 saturated carbocycles. The summed E-state index contributed by atoms with van der Waals surface area (Å²) < 4.78 is 4.75. The first-order valence-corrected chi connectivity index (χ1v) is 11.5. The average molecular weight is 450 g/mol. The Balaban J connectivity index is 1.51. The second kappa shape index (κ2) is 10.2. The number of carbonyl (C=O) groups is 3. The molecule has 0 spiro atoms. The van der Waals surface area contributed by atoms with Crippen molar-refractivity contribution in [1.82, 2.24) is 9.80 Å². The lowest BCUT2D eigenvalue weighted by Gasteiger charge is -2.40. The molecule has 0 aromatic heterocycles. The van der Waals surface area contributed by atoms with Crippen molar-refractivity contribution in [2.24, 2.45) is 5.92 Å². The van der Waals surface area contributed by atoms with Gasteiger partial charge in [0.2, 0.25) is 11.8 Å². The van der Waals surface area contributed by atoms with E-state index in [-0.39, 0.29) is 18.4 Å². The maximum absolute atomic E-state index is 13.6. The molecule has 2 aliphatic heterocycles. The van der Waals surface area contributed by atoms with Crippen LogP contribution in [0.1, 0.15) is 47.3 Å². The third-order valence-corrected chi connectivity index (χ3v) is 6.63. The molecule has 2 aliphatic rings. The molecule has 1 saturated heterocycles. The number of fused-ring (bicyclic) bond motifs is 1. The Morgan fingerprint density at radius 2 is 1.79 bits per heavy atom. The maximum Gasteiger partial charge on any atom is 0.337 e. The average Bonchev–Trinajstić information content (AvgIpc) is 2.83. The van der Waals surface area contributed by atoms with Gasteiger partial charge in [0.15, 0.2) is 0 Å². The molecule has 0 bridgehead atoms. The molecule has 4 rings (SSSR count). The minimum absolute atomic E-state index is 0.0783. The van der Waals surface area contributed by atoms with Crippen LogP contribution in [0.3, 0.4) is 0 Å². The zero-order valence-electron chi connectivity index (χ0n) is 19.3. The van der Waals surface area contributed by atoms with E-state index < -0.39 is 12.0 Å². The molecule has 2 heterocycles. The third-order valence-electron chi connectivity index (χ3n) is 6.63. The SMILES string of the molecule is COC(=O)c1cccc(NC(=O)CN2CCc3ccccc3[C@@H]2C(=O)N2CCC(C)CC2)c1. The van der Waals surface area contributed by atoms with Crippen molar-refractivity contribution in [3.05, 3.63) is 65.2 Å². The highest BCUT2D eigenvalue weighted by Gasteiger charge is 2.37. The molecule has 7 heteroatoms. The number of carbonyl (C=O) groups excluding carboxylic acids is 3. The van der Waals surface area contributed by atoms with Gasteiger partial charge in [-0.3, -0.25) is 14.5 Å². The van der Waals surface area contributed by atoms with Gasteiger partial charge in [-0.1, -0.05) is 37.3 Å². The molecule has 0 radical (unpaired) electrons. The summed E-state index contributed by atoms with van der Waals surface area (Å²) in [6, 6.07) is 14.2. The number of amides is 2. The lowest BCUT2D eigenvalue weighted by atomic mass is 9.90.